The molecule has 1 fully saturated rings. The predicted molar refractivity (Wildman–Crippen MR) is 109 cm³/mol. The van der Waals surface area contributed by atoms with Gasteiger partial charge in [0, 0.05) is 17.3 Å². The zero-order valence-corrected chi connectivity index (χ0v) is 16.9. The van der Waals surface area contributed by atoms with E-state index in [1.165, 1.54) is 16.0 Å². The van der Waals surface area contributed by atoms with Crippen LogP contribution in [0.3, 0.4) is 0 Å². The van der Waals surface area contributed by atoms with Crippen molar-refractivity contribution < 1.29 is 4.79 Å². The average molecular weight is 387 g/mol. The van der Waals surface area contributed by atoms with Gasteiger partial charge in [0.05, 0.1) is 10.2 Å². The van der Waals surface area contributed by atoms with Crippen molar-refractivity contribution in [2.45, 2.75) is 65.5 Å². The Hall–Kier alpha value is -2.15. The van der Waals surface area contributed by atoms with Gasteiger partial charge in [-0.1, -0.05) is 26.7 Å². The van der Waals surface area contributed by atoms with E-state index in [1.54, 1.807) is 11.3 Å². The summed E-state index contributed by atoms with van der Waals surface area (Å²) in [6.07, 6.45) is 5.24. The predicted octanol–water partition coefficient (Wildman–Crippen LogP) is 3.28. The molecule has 1 N–H and O–H groups in total. The molecule has 0 bridgehead atoms. The molecule has 6 nitrogen and oxygen atoms in total. The van der Waals surface area contributed by atoms with Crippen molar-refractivity contribution in [2.75, 3.05) is 0 Å². The van der Waals surface area contributed by atoms with Gasteiger partial charge in [-0.3, -0.25) is 14.0 Å². The molecular formula is C20H26N4O2S. The molecule has 1 aliphatic carbocycles. The van der Waals surface area contributed by atoms with E-state index in [9.17, 15) is 9.59 Å². The van der Waals surface area contributed by atoms with E-state index in [0.29, 0.717) is 17.9 Å². The van der Waals surface area contributed by atoms with Crippen LogP contribution >= 0.6 is 11.3 Å². The highest BCUT2D eigenvalue weighted by atomic mass is 32.1. The third-order valence-corrected chi connectivity index (χ3v) is 6.61. The summed E-state index contributed by atoms with van der Waals surface area (Å²) in [5, 5.41) is 7.63. The molecule has 144 valence electrons. The van der Waals surface area contributed by atoms with Crippen molar-refractivity contribution in [3.8, 4) is 0 Å². The van der Waals surface area contributed by atoms with Gasteiger partial charge < -0.3 is 5.32 Å². The minimum atomic E-state index is -0.208. The Morgan fingerprint density at radius 2 is 2.07 bits per heavy atom. The van der Waals surface area contributed by atoms with Gasteiger partial charge in [0.1, 0.15) is 17.9 Å². The first-order valence-electron chi connectivity index (χ1n) is 9.79. The molecule has 1 saturated carbocycles. The summed E-state index contributed by atoms with van der Waals surface area (Å²) in [6.45, 7) is 6.24. The summed E-state index contributed by atoms with van der Waals surface area (Å²) in [7, 11) is 0. The fraction of sp³-hybridized carbons (Fsp3) is 0.550. The minimum absolute atomic E-state index is 0.0244. The minimum Gasteiger partial charge on any atom is -0.351 e. The molecule has 0 spiro atoms. The van der Waals surface area contributed by atoms with Crippen molar-refractivity contribution in [3.05, 3.63) is 33.2 Å². The zero-order valence-electron chi connectivity index (χ0n) is 16.1. The molecule has 0 radical (unpaired) electrons. The third-order valence-electron chi connectivity index (χ3n) is 5.63. The fourth-order valence-corrected chi connectivity index (χ4v) is 5.11. The molecule has 1 aliphatic rings. The van der Waals surface area contributed by atoms with Gasteiger partial charge >= 0.3 is 0 Å². The van der Waals surface area contributed by atoms with Crippen LogP contribution in [-0.2, 0) is 17.8 Å². The van der Waals surface area contributed by atoms with Crippen molar-refractivity contribution in [1.29, 1.82) is 0 Å². The smallest absolute Gasteiger partial charge is 0.291 e. The van der Waals surface area contributed by atoms with Crippen LogP contribution in [0.25, 0.3) is 15.7 Å². The number of rotatable bonds is 4. The number of hydrogen-bond donors (Lipinski definition) is 1. The fourth-order valence-electron chi connectivity index (χ4n) is 4.17. The van der Waals surface area contributed by atoms with Crippen LogP contribution in [0.5, 0.6) is 0 Å². The lowest BCUT2D eigenvalue weighted by Crippen LogP contribution is -2.44. The zero-order chi connectivity index (χ0) is 19.1. The van der Waals surface area contributed by atoms with E-state index in [4.69, 9.17) is 0 Å². The van der Waals surface area contributed by atoms with Crippen LogP contribution in [0, 0.1) is 12.8 Å². The Bertz CT molecular complexity index is 1060. The summed E-state index contributed by atoms with van der Waals surface area (Å²) in [6, 6.07) is 4.22. The Balaban J connectivity index is 1.66. The van der Waals surface area contributed by atoms with Gasteiger partial charge in [0.15, 0.2) is 0 Å². The summed E-state index contributed by atoms with van der Waals surface area (Å²) in [4.78, 5) is 26.7. The number of amides is 1. The second-order valence-electron chi connectivity index (χ2n) is 7.64. The monoisotopic (exact) mass is 386 g/mol. The number of carbonyl (C=O) groups is 1. The number of fused-ring (bicyclic) bond motifs is 3. The summed E-state index contributed by atoms with van der Waals surface area (Å²) in [5.41, 5.74) is 1.42. The van der Waals surface area contributed by atoms with Crippen molar-refractivity contribution in [2.24, 2.45) is 5.92 Å². The van der Waals surface area contributed by atoms with Crippen LogP contribution in [-0.4, -0.2) is 26.1 Å². The highest BCUT2D eigenvalue weighted by Gasteiger charge is 2.23. The van der Waals surface area contributed by atoms with E-state index >= 15 is 0 Å². The van der Waals surface area contributed by atoms with Crippen LogP contribution in [0.1, 0.15) is 50.2 Å². The van der Waals surface area contributed by atoms with Crippen molar-refractivity contribution >= 4 is 33.0 Å². The van der Waals surface area contributed by atoms with Gasteiger partial charge in [-0.25, -0.2) is 4.68 Å². The first-order chi connectivity index (χ1) is 13.0. The standard InChI is InChI=1S/C20H26N4O2S/c1-4-18-22-23(11-19(25)21-14-8-6-5-7-12(14)2)20(26)16-10-17-15(24(16)18)9-13(3)27-17/h9-10,12,14H,4-8,11H2,1-3H3,(H,21,25)/t12-,14+/m0/s1. The van der Waals surface area contributed by atoms with Crippen LogP contribution in [0.2, 0.25) is 0 Å². The Morgan fingerprint density at radius 1 is 1.30 bits per heavy atom. The van der Waals surface area contributed by atoms with E-state index in [2.05, 4.69) is 30.3 Å². The number of hydrogen-bond acceptors (Lipinski definition) is 4. The molecule has 1 amide bonds. The Labute approximate surface area is 162 Å². The molecule has 0 aromatic carbocycles. The highest BCUT2D eigenvalue weighted by Crippen LogP contribution is 2.28. The number of nitrogens with one attached hydrogen (secondary N) is 1. The average Bonchev–Trinajstić information content (AvgIpc) is 3.16. The molecule has 0 aliphatic heterocycles. The molecule has 4 rings (SSSR count). The maximum absolute atomic E-state index is 12.9. The highest BCUT2D eigenvalue weighted by molar-refractivity contribution is 7.19. The molecule has 7 heteroatoms. The van der Waals surface area contributed by atoms with E-state index < -0.39 is 0 Å². The van der Waals surface area contributed by atoms with Crippen LogP contribution < -0.4 is 10.9 Å². The topological polar surface area (TPSA) is 68.4 Å². The van der Waals surface area contributed by atoms with Gasteiger partial charge in [-0.05, 0) is 37.8 Å². The van der Waals surface area contributed by atoms with E-state index in [0.717, 1.165) is 35.3 Å². The summed E-state index contributed by atoms with van der Waals surface area (Å²) in [5.74, 6) is 1.16. The number of thiophene rings is 1. The van der Waals surface area contributed by atoms with Gasteiger partial charge in [0.2, 0.25) is 5.91 Å². The molecular weight excluding hydrogens is 360 g/mol. The van der Waals surface area contributed by atoms with Crippen molar-refractivity contribution in [3.63, 3.8) is 0 Å². The quantitative estimate of drug-likeness (QED) is 0.748. The molecule has 0 saturated heterocycles. The lowest BCUT2D eigenvalue weighted by molar-refractivity contribution is -0.123. The molecule has 3 heterocycles. The Kier molecular flexibility index (Phi) is 4.80. The SMILES string of the molecule is CCc1nn(CC(=O)N[C@@H]2CCCC[C@@H]2C)c(=O)c2cc3sc(C)cc3n12. The second-order valence-corrected chi connectivity index (χ2v) is 8.93. The molecule has 2 atom stereocenters. The number of aryl methyl sites for hydroxylation is 2. The third kappa shape index (κ3) is 3.29. The van der Waals surface area contributed by atoms with E-state index in [-0.39, 0.29) is 24.1 Å². The molecule has 3 aromatic rings. The Morgan fingerprint density at radius 3 is 2.81 bits per heavy atom. The normalized spacial score (nSPS) is 20.4. The van der Waals surface area contributed by atoms with Gasteiger partial charge in [0.25, 0.3) is 5.56 Å². The molecule has 0 unspecified atom stereocenters. The summed E-state index contributed by atoms with van der Waals surface area (Å²) >= 11 is 1.67. The van der Waals surface area contributed by atoms with E-state index in [1.807, 2.05) is 17.4 Å². The summed E-state index contributed by atoms with van der Waals surface area (Å²) < 4.78 is 4.35. The lowest BCUT2D eigenvalue weighted by atomic mass is 9.86. The van der Waals surface area contributed by atoms with Crippen LogP contribution in [0.4, 0.5) is 0 Å². The number of aromatic nitrogens is 3. The maximum atomic E-state index is 12.9. The first-order valence-corrected chi connectivity index (χ1v) is 10.6. The van der Waals surface area contributed by atoms with Crippen molar-refractivity contribution in [1.82, 2.24) is 19.5 Å². The largest absolute Gasteiger partial charge is 0.351 e. The molecule has 3 aromatic heterocycles. The maximum Gasteiger partial charge on any atom is 0.291 e. The lowest BCUT2D eigenvalue weighted by Gasteiger charge is -2.29. The number of nitrogens with zero attached hydrogens (tertiary/aromatic N) is 3. The van der Waals surface area contributed by atoms with Crippen LogP contribution in [0.15, 0.2) is 16.9 Å². The second kappa shape index (κ2) is 7.11. The first kappa shape index (κ1) is 18.2. The van der Waals surface area contributed by atoms with Gasteiger partial charge in [-0.15, -0.1) is 11.3 Å². The molecule has 27 heavy (non-hydrogen) atoms. The number of carbonyl (C=O) groups excluding carboxylic acids is 1. The van der Waals surface area contributed by atoms with Gasteiger partial charge in [-0.2, -0.15) is 5.10 Å².